The summed E-state index contributed by atoms with van der Waals surface area (Å²) in [6, 6.07) is 0. The molecule has 0 aromatic heterocycles. The van der Waals surface area contributed by atoms with Crippen LogP contribution in [0.15, 0.2) is 9.81 Å². The fraction of sp³-hybridized carbons (Fsp3) is 0.800. The molecular weight excluding hydrogens is 184 g/mol. The lowest BCUT2D eigenvalue weighted by Crippen LogP contribution is -2.26. The summed E-state index contributed by atoms with van der Waals surface area (Å²) in [4.78, 5) is 3.14. The third-order valence-electron chi connectivity index (χ3n) is 2.79. The van der Waals surface area contributed by atoms with Crippen molar-refractivity contribution >= 4 is 23.5 Å². The molecule has 0 bridgehead atoms. The van der Waals surface area contributed by atoms with Gasteiger partial charge in [-0.25, -0.2) is 0 Å². The predicted octanol–water partition coefficient (Wildman–Crippen LogP) is 4.03. The molecule has 2 rings (SSSR count). The van der Waals surface area contributed by atoms with Gasteiger partial charge < -0.3 is 0 Å². The summed E-state index contributed by atoms with van der Waals surface area (Å²) < 4.78 is 0. The van der Waals surface area contributed by atoms with E-state index in [1.165, 1.54) is 25.7 Å². The number of fused-ring (bicyclic) bond motifs is 1. The summed E-state index contributed by atoms with van der Waals surface area (Å²) in [7, 11) is 0. The van der Waals surface area contributed by atoms with E-state index in [4.69, 9.17) is 0 Å². The van der Waals surface area contributed by atoms with Crippen LogP contribution >= 0.6 is 23.5 Å². The van der Waals surface area contributed by atoms with Crippen LogP contribution in [0.2, 0.25) is 0 Å². The molecule has 2 unspecified atom stereocenters. The maximum absolute atomic E-state index is 2.28. The highest BCUT2D eigenvalue weighted by Gasteiger charge is 2.30. The van der Waals surface area contributed by atoms with E-state index < -0.39 is 0 Å². The molecule has 1 aliphatic heterocycles. The molecule has 68 valence electrons. The molecule has 1 saturated carbocycles. The molecule has 2 heteroatoms. The maximum atomic E-state index is 2.28. The number of thioether (sulfide) groups is 2. The normalized spacial score (nSPS) is 36.5. The Labute approximate surface area is 83.6 Å². The summed E-state index contributed by atoms with van der Waals surface area (Å²) >= 11 is 4.27. The van der Waals surface area contributed by atoms with Crippen LogP contribution in [-0.2, 0) is 0 Å². The molecule has 0 saturated heterocycles. The van der Waals surface area contributed by atoms with E-state index >= 15 is 0 Å². The van der Waals surface area contributed by atoms with Crippen molar-refractivity contribution in [1.82, 2.24) is 0 Å². The van der Waals surface area contributed by atoms with Crippen LogP contribution in [-0.4, -0.2) is 10.5 Å². The number of rotatable bonds is 0. The number of hydrogen-bond donors (Lipinski definition) is 0. The van der Waals surface area contributed by atoms with E-state index in [9.17, 15) is 0 Å². The molecule has 0 aromatic rings. The van der Waals surface area contributed by atoms with E-state index in [1.54, 1.807) is 9.81 Å². The Morgan fingerprint density at radius 2 is 1.33 bits per heavy atom. The molecule has 1 heterocycles. The van der Waals surface area contributed by atoms with Crippen molar-refractivity contribution in [3.63, 3.8) is 0 Å². The van der Waals surface area contributed by atoms with Gasteiger partial charge in [-0.3, -0.25) is 0 Å². The average molecular weight is 200 g/mol. The van der Waals surface area contributed by atoms with Crippen molar-refractivity contribution in [3.8, 4) is 0 Å². The van der Waals surface area contributed by atoms with Crippen LogP contribution in [0, 0.1) is 0 Å². The zero-order valence-corrected chi connectivity index (χ0v) is 9.43. The zero-order valence-electron chi connectivity index (χ0n) is 7.80. The first-order chi connectivity index (χ1) is 5.77. The first-order valence-electron chi connectivity index (χ1n) is 4.78. The minimum Gasteiger partial charge on any atom is -0.126 e. The highest BCUT2D eigenvalue weighted by atomic mass is 32.2. The Hall–Kier alpha value is 0.440. The van der Waals surface area contributed by atoms with E-state index in [-0.39, 0.29) is 0 Å². The van der Waals surface area contributed by atoms with Crippen molar-refractivity contribution in [2.75, 3.05) is 0 Å². The zero-order chi connectivity index (χ0) is 8.55. The van der Waals surface area contributed by atoms with Crippen molar-refractivity contribution in [1.29, 1.82) is 0 Å². The molecule has 1 fully saturated rings. The molecular formula is C10H16S2. The number of allylic oxidation sites excluding steroid dienone is 2. The second-order valence-corrected chi connectivity index (χ2v) is 6.62. The molecule has 2 atom stereocenters. The Kier molecular flexibility index (Phi) is 2.75. The van der Waals surface area contributed by atoms with Gasteiger partial charge in [-0.2, -0.15) is 0 Å². The molecule has 12 heavy (non-hydrogen) atoms. The van der Waals surface area contributed by atoms with E-state index in [1.807, 2.05) is 0 Å². The van der Waals surface area contributed by atoms with Gasteiger partial charge in [0.1, 0.15) is 0 Å². The Morgan fingerprint density at radius 3 is 1.75 bits per heavy atom. The largest absolute Gasteiger partial charge is 0.126 e. The second-order valence-electron chi connectivity index (χ2n) is 3.71. The standard InChI is InChI=1S/C10H16S2/c1-7-8(2)12-10-6-4-3-5-9(10)11-7/h9-10H,3-6H2,1-2H3. The van der Waals surface area contributed by atoms with E-state index in [2.05, 4.69) is 37.4 Å². The van der Waals surface area contributed by atoms with Gasteiger partial charge in [0.15, 0.2) is 0 Å². The molecule has 0 aromatic carbocycles. The van der Waals surface area contributed by atoms with Crippen molar-refractivity contribution in [2.24, 2.45) is 0 Å². The van der Waals surface area contributed by atoms with E-state index in [0.29, 0.717) is 0 Å². The van der Waals surface area contributed by atoms with Gasteiger partial charge in [0.2, 0.25) is 0 Å². The van der Waals surface area contributed by atoms with Gasteiger partial charge in [0.05, 0.1) is 0 Å². The summed E-state index contributed by atoms with van der Waals surface area (Å²) in [5.74, 6) is 0. The van der Waals surface area contributed by atoms with Crippen molar-refractivity contribution < 1.29 is 0 Å². The van der Waals surface area contributed by atoms with Crippen LogP contribution in [0.4, 0.5) is 0 Å². The molecule has 0 nitrogen and oxygen atoms in total. The smallest absolute Gasteiger partial charge is 0.0214 e. The van der Waals surface area contributed by atoms with Crippen LogP contribution in [0.25, 0.3) is 0 Å². The topological polar surface area (TPSA) is 0 Å². The van der Waals surface area contributed by atoms with E-state index in [0.717, 1.165) is 10.5 Å². The SMILES string of the molecule is CC1=C(C)SC2CCCCC2S1. The predicted molar refractivity (Wildman–Crippen MR) is 59.6 cm³/mol. The minimum absolute atomic E-state index is 0.937. The van der Waals surface area contributed by atoms with Crippen LogP contribution in [0.5, 0.6) is 0 Å². The quantitative estimate of drug-likeness (QED) is 0.579. The van der Waals surface area contributed by atoms with Crippen LogP contribution < -0.4 is 0 Å². The molecule has 0 N–H and O–H groups in total. The fourth-order valence-corrected chi connectivity index (χ4v) is 4.96. The third-order valence-corrected chi connectivity index (χ3v) is 6.15. The van der Waals surface area contributed by atoms with Gasteiger partial charge in [0.25, 0.3) is 0 Å². The summed E-state index contributed by atoms with van der Waals surface area (Å²) in [5, 5.41) is 1.87. The monoisotopic (exact) mass is 200 g/mol. The van der Waals surface area contributed by atoms with Crippen molar-refractivity contribution in [3.05, 3.63) is 9.81 Å². The maximum Gasteiger partial charge on any atom is 0.0214 e. The second kappa shape index (κ2) is 3.67. The molecule has 0 spiro atoms. The van der Waals surface area contributed by atoms with Gasteiger partial charge >= 0.3 is 0 Å². The lowest BCUT2D eigenvalue weighted by molar-refractivity contribution is 0.528. The van der Waals surface area contributed by atoms with Gasteiger partial charge in [-0.15, -0.1) is 23.5 Å². The summed E-state index contributed by atoms with van der Waals surface area (Å²) in [6.45, 7) is 4.55. The van der Waals surface area contributed by atoms with Gasteiger partial charge in [-0.1, -0.05) is 12.8 Å². The van der Waals surface area contributed by atoms with Gasteiger partial charge in [-0.05, 0) is 36.5 Å². The molecule has 1 aliphatic carbocycles. The highest BCUT2D eigenvalue weighted by molar-refractivity contribution is 8.10. The van der Waals surface area contributed by atoms with Gasteiger partial charge in [0, 0.05) is 10.5 Å². The van der Waals surface area contributed by atoms with Crippen LogP contribution in [0.3, 0.4) is 0 Å². The minimum atomic E-state index is 0.937. The lowest BCUT2D eigenvalue weighted by atomic mass is 10.00. The Morgan fingerprint density at radius 1 is 0.917 bits per heavy atom. The number of hydrogen-bond acceptors (Lipinski definition) is 2. The Bertz CT molecular complexity index is 186. The first-order valence-corrected chi connectivity index (χ1v) is 6.54. The van der Waals surface area contributed by atoms with Crippen molar-refractivity contribution in [2.45, 2.75) is 50.0 Å². The lowest BCUT2D eigenvalue weighted by Gasteiger charge is -2.35. The summed E-state index contributed by atoms with van der Waals surface area (Å²) in [6.07, 6.45) is 5.82. The first kappa shape index (κ1) is 9.01. The fourth-order valence-electron chi connectivity index (χ4n) is 1.95. The molecule has 0 radical (unpaired) electrons. The molecule has 0 amide bonds. The highest BCUT2D eigenvalue weighted by Crippen LogP contribution is 2.47. The molecule has 2 aliphatic rings. The van der Waals surface area contributed by atoms with Crippen LogP contribution in [0.1, 0.15) is 39.5 Å². The Balaban J connectivity index is 2.10. The third kappa shape index (κ3) is 1.69. The summed E-state index contributed by atoms with van der Waals surface area (Å²) in [5.41, 5.74) is 0. The average Bonchev–Trinajstić information content (AvgIpc) is 2.07.